The van der Waals surface area contributed by atoms with Gasteiger partial charge in [0.25, 0.3) is 0 Å². The summed E-state index contributed by atoms with van der Waals surface area (Å²) in [6.45, 7) is 24.4. The van der Waals surface area contributed by atoms with Gasteiger partial charge in [0.05, 0.1) is 0 Å². The van der Waals surface area contributed by atoms with E-state index in [2.05, 4.69) is 41.5 Å². The van der Waals surface area contributed by atoms with E-state index in [0.29, 0.717) is 0 Å². The minimum Gasteiger partial charge on any atom is -0.343 e. The van der Waals surface area contributed by atoms with Crippen LogP contribution in [0, 0.1) is 52.4 Å². The second-order valence-corrected chi connectivity index (χ2v) is 5.35. The summed E-state index contributed by atoms with van der Waals surface area (Å²) in [5.74, 6) is 0. The van der Waals surface area contributed by atoms with E-state index in [9.17, 15) is 0 Å². The molecule has 0 aliphatic carbocycles. The van der Waals surface area contributed by atoms with Crippen molar-refractivity contribution in [3.63, 3.8) is 0 Å². The van der Waals surface area contributed by atoms with Crippen LogP contribution in [-0.2, 0) is 126 Å². The van der Waals surface area contributed by atoms with Gasteiger partial charge >= 0.3 is 0 Å². The van der Waals surface area contributed by atoms with Crippen molar-refractivity contribution in [1.29, 1.82) is 0 Å². The van der Waals surface area contributed by atoms with Crippen molar-refractivity contribution in [2.75, 3.05) is 0 Å². The van der Waals surface area contributed by atoms with E-state index in [1.165, 1.54) is 19.3 Å². The Morgan fingerprint density at radius 2 is 0.565 bits per heavy atom. The Morgan fingerprint density at radius 1 is 0.391 bits per heavy atom. The number of hydrogen-bond acceptors (Lipinski definition) is 0. The van der Waals surface area contributed by atoms with Gasteiger partial charge in [0, 0.05) is 126 Å². The van der Waals surface area contributed by atoms with Crippen LogP contribution in [0.4, 0.5) is 0 Å². The molecule has 6 heteroatoms. The molecule has 0 amide bonds. The molecule has 0 aromatic rings. The molecule has 23 heavy (non-hydrogen) atoms. The minimum absolute atomic E-state index is 0. The Hall–Kier alpha value is 4.13. The average molecular weight is 1340 g/mol. The predicted molar refractivity (Wildman–Crippen MR) is 78.6 cm³/mol. The fraction of sp³-hybridized carbons (Fsp3) is 0.647. The summed E-state index contributed by atoms with van der Waals surface area (Å²) in [6.07, 6.45) is 9.16. The van der Waals surface area contributed by atoms with E-state index in [-0.39, 0.29) is 137 Å². The molecule has 0 heterocycles. The molecule has 0 N–H and O–H groups in total. The van der Waals surface area contributed by atoms with Crippen molar-refractivity contribution in [2.45, 2.75) is 57.8 Å². The van der Waals surface area contributed by atoms with Gasteiger partial charge in [-0.3, -0.25) is 0 Å². The van der Waals surface area contributed by atoms with Crippen LogP contribution in [-0.4, -0.2) is 0 Å². The summed E-state index contributed by atoms with van der Waals surface area (Å²) in [5.41, 5.74) is 0.491. The monoisotopic (exact) mass is 1340 g/mol. The minimum atomic E-state index is 0. The van der Waals surface area contributed by atoms with Gasteiger partial charge in [0.1, 0.15) is 0 Å². The molecule has 0 atom stereocenters. The zero-order chi connectivity index (χ0) is 13.4. The smallest absolute Gasteiger partial charge is 0 e. The van der Waals surface area contributed by atoms with Crippen molar-refractivity contribution >= 4 is 0 Å². The molecule has 0 fully saturated rings. The Balaban J connectivity index is -0.0000000853. The molecule has 0 radical (unpaired) electrons. The first-order valence-electron chi connectivity index (χ1n) is 6.83. The van der Waals surface area contributed by atoms with Gasteiger partial charge in [0.15, 0.2) is 0 Å². The summed E-state index contributed by atoms with van der Waals surface area (Å²) in [5, 5.41) is 0. The average Bonchev–Trinajstić information content (AvgIpc) is 2.41. The van der Waals surface area contributed by atoms with E-state index >= 15 is 0 Å². The first-order chi connectivity index (χ1) is 8.07. The first kappa shape index (κ1) is 45.7. The van der Waals surface area contributed by atoms with Crippen LogP contribution < -0.4 is 0 Å². The Morgan fingerprint density at radius 3 is 0.696 bits per heavy atom. The molecule has 0 aliphatic heterocycles. The summed E-state index contributed by atoms with van der Waals surface area (Å²) in [7, 11) is 0. The van der Waals surface area contributed by atoms with E-state index in [0.717, 1.165) is 38.5 Å². The Kier molecular flexibility index (Phi) is 51.9. The Bertz CT molecular complexity index is 155. The molecule has 0 aromatic heterocycles. The summed E-state index contributed by atoms with van der Waals surface area (Å²) in [6, 6.07) is 0. The standard InChI is InChI=1S/C17H30.6W/c1-7-16(8-2,9-3)14-13-15-17(10-4,11-5)12-6;;;;;;/h1-15H2;;;;;;/q-6;;;;;;. The molecule has 0 saturated heterocycles. The van der Waals surface area contributed by atoms with Crippen molar-refractivity contribution in [2.24, 2.45) is 10.8 Å². The third kappa shape index (κ3) is 16.8. The zero-order valence-corrected chi connectivity index (χ0v) is 31.7. The third-order valence-corrected chi connectivity index (χ3v) is 4.60. The van der Waals surface area contributed by atoms with E-state index in [1.807, 2.05) is 0 Å². The Labute approximate surface area is 233 Å². The van der Waals surface area contributed by atoms with Crippen molar-refractivity contribution in [3.8, 4) is 0 Å². The molecule has 0 bridgehead atoms. The van der Waals surface area contributed by atoms with E-state index < -0.39 is 0 Å². The second kappa shape index (κ2) is 26.1. The maximum absolute atomic E-state index is 4.06. The molecular formula is C17H30W6-6. The maximum atomic E-state index is 4.06. The van der Waals surface area contributed by atoms with Crippen LogP contribution in [0.25, 0.3) is 0 Å². The molecule has 0 aliphatic rings. The van der Waals surface area contributed by atoms with Crippen LogP contribution >= 0.6 is 0 Å². The predicted octanol–water partition coefficient (Wildman–Crippen LogP) is 5.46. The van der Waals surface area contributed by atoms with Gasteiger partial charge in [-0.15, -0.1) is 10.8 Å². The van der Waals surface area contributed by atoms with Crippen molar-refractivity contribution in [3.05, 3.63) is 41.5 Å². The van der Waals surface area contributed by atoms with E-state index in [1.54, 1.807) is 0 Å². The molecule has 0 nitrogen and oxygen atoms in total. The van der Waals surface area contributed by atoms with Gasteiger partial charge in [-0.1, -0.05) is 19.3 Å². The number of hydrogen-bond donors (Lipinski definition) is 0. The molecule has 0 aromatic carbocycles. The van der Waals surface area contributed by atoms with Gasteiger partial charge < -0.3 is 41.5 Å². The zero-order valence-electron chi connectivity index (χ0n) is 14.1. The second-order valence-electron chi connectivity index (χ2n) is 5.35. The topological polar surface area (TPSA) is 0 Å². The SMILES string of the molecule is [CH2-]CC(C[CH2-])(C[CH2-])CCCC(C[CH2-])(C[CH2-])C[CH2-].[W].[W].[W].[W].[W].[W]. The van der Waals surface area contributed by atoms with Crippen LogP contribution in [0.5, 0.6) is 0 Å². The molecule has 0 rings (SSSR count). The molecule has 0 unspecified atom stereocenters. The van der Waals surface area contributed by atoms with Crippen molar-refractivity contribution in [1.82, 2.24) is 0 Å². The van der Waals surface area contributed by atoms with Gasteiger partial charge in [-0.2, -0.15) is 38.5 Å². The van der Waals surface area contributed by atoms with Crippen LogP contribution in [0.1, 0.15) is 57.8 Å². The van der Waals surface area contributed by atoms with E-state index in [4.69, 9.17) is 0 Å². The molecule has 0 saturated carbocycles. The normalized spacial score (nSPS) is 9.65. The summed E-state index contributed by atoms with van der Waals surface area (Å²) < 4.78 is 0. The first-order valence-corrected chi connectivity index (χ1v) is 6.83. The fourth-order valence-corrected chi connectivity index (χ4v) is 2.34. The largest absolute Gasteiger partial charge is 0.343 e. The fourth-order valence-electron chi connectivity index (χ4n) is 2.34. The van der Waals surface area contributed by atoms with Crippen LogP contribution in [0.3, 0.4) is 0 Å². The van der Waals surface area contributed by atoms with Crippen LogP contribution in [0.2, 0.25) is 0 Å². The molecular weight excluding hydrogens is 1310 g/mol. The maximum Gasteiger partial charge on any atom is 0 e. The van der Waals surface area contributed by atoms with Crippen molar-refractivity contribution < 1.29 is 126 Å². The van der Waals surface area contributed by atoms with Crippen LogP contribution in [0.15, 0.2) is 0 Å². The van der Waals surface area contributed by atoms with Gasteiger partial charge in [0.2, 0.25) is 0 Å². The third-order valence-electron chi connectivity index (χ3n) is 4.60. The molecule has 0 spiro atoms. The quantitative estimate of drug-likeness (QED) is 0.256. The van der Waals surface area contributed by atoms with Gasteiger partial charge in [-0.25, -0.2) is 0 Å². The summed E-state index contributed by atoms with van der Waals surface area (Å²) in [4.78, 5) is 0. The summed E-state index contributed by atoms with van der Waals surface area (Å²) >= 11 is 0. The molecule has 140 valence electrons. The number of rotatable bonds is 10. The van der Waals surface area contributed by atoms with Gasteiger partial charge in [-0.05, 0) is 0 Å².